The van der Waals surface area contributed by atoms with E-state index in [0.717, 1.165) is 32.4 Å². The standard InChI is InChI=1S/C23H44Cl2N3O2/c1-2-3-4-5-6-7-8-9-10-12-23-27(14-15-28(23)20-22(30)18-25)19-21(17-24)26-13-11-16-29/h14-15,21-22,26,29-30H,2-13,16-20H2,1H3/q+1. The summed E-state index contributed by atoms with van der Waals surface area (Å²) >= 11 is 12.0. The molecule has 2 atom stereocenters. The molecule has 1 rings (SSSR count). The van der Waals surface area contributed by atoms with Crippen molar-refractivity contribution in [1.29, 1.82) is 0 Å². The fourth-order valence-electron chi connectivity index (χ4n) is 3.78. The summed E-state index contributed by atoms with van der Waals surface area (Å²) in [6, 6.07) is 0.152. The van der Waals surface area contributed by atoms with Crippen LogP contribution in [0.4, 0.5) is 0 Å². The van der Waals surface area contributed by atoms with Crippen LogP contribution in [0.3, 0.4) is 0 Å². The number of nitrogens with one attached hydrogen (secondary N) is 1. The molecule has 0 aliphatic carbocycles. The number of alkyl halides is 2. The zero-order chi connectivity index (χ0) is 22.0. The zero-order valence-electron chi connectivity index (χ0n) is 18.9. The summed E-state index contributed by atoms with van der Waals surface area (Å²) in [6.07, 6.45) is 17.1. The molecular formula is C23H44Cl2N3O2+. The van der Waals surface area contributed by atoms with Gasteiger partial charge in [0.05, 0.1) is 11.9 Å². The summed E-state index contributed by atoms with van der Waals surface area (Å²) < 4.78 is 4.39. The number of aromatic nitrogens is 2. The second kappa shape index (κ2) is 18.3. The van der Waals surface area contributed by atoms with E-state index in [1.54, 1.807) is 0 Å². The highest BCUT2D eigenvalue weighted by Gasteiger charge is 2.21. The van der Waals surface area contributed by atoms with Crippen LogP contribution in [-0.4, -0.2) is 51.8 Å². The van der Waals surface area contributed by atoms with Gasteiger partial charge in [0.2, 0.25) is 0 Å². The smallest absolute Gasteiger partial charge is 0.256 e. The molecule has 3 N–H and O–H groups in total. The first-order chi connectivity index (χ1) is 14.7. The lowest BCUT2D eigenvalue weighted by Crippen LogP contribution is -2.49. The molecule has 0 aromatic carbocycles. The molecule has 0 saturated carbocycles. The molecule has 5 nitrogen and oxygen atoms in total. The van der Waals surface area contributed by atoms with Crippen molar-refractivity contribution in [3.63, 3.8) is 0 Å². The van der Waals surface area contributed by atoms with Gasteiger partial charge >= 0.3 is 0 Å². The van der Waals surface area contributed by atoms with Crippen LogP contribution in [0, 0.1) is 0 Å². The molecule has 0 amide bonds. The lowest BCUT2D eigenvalue weighted by molar-refractivity contribution is -0.705. The van der Waals surface area contributed by atoms with Crippen LogP contribution >= 0.6 is 23.2 Å². The summed E-state index contributed by atoms with van der Waals surface area (Å²) in [5, 5.41) is 22.4. The average Bonchev–Trinajstić information content (AvgIpc) is 3.12. The Morgan fingerprint density at radius 2 is 1.67 bits per heavy atom. The van der Waals surface area contributed by atoms with Gasteiger partial charge in [-0.15, -0.1) is 23.2 Å². The molecule has 0 fully saturated rings. The molecule has 0 bridgehead atoms. The highest BCUT2D eigenvalue weighted by Crippen LogP contribution is 2.12. The summed E-state index contributed by atoms with van der Waals surface area (Å²) in [5.41, 5.74) is 0. The lowest BCUT2D eigenvalue weighted by atomic mass is 10.1. The van der Waals surface area contributed by atoms with Crippen molar-refractivity contribution in [1.82, 2.24) is 9.88 Å². The predicted octanol–water partition coefficient (Wildman–Crippen LogP) is 4.03. The van der Waals surface area contributed by atoms with Crippen molar-refractivity contribution in [3.05, 3.63) is 18.2 Å². The molecule has 1 aromatic rings. The van der Waals surface area contributed by atoms with Gasteiger partial charge in [-0.2, -0.15) is 0 Å². The van der Waals surface area contributed by atoms with E-state index in [9.17, 15) is 5.11 Å². The molecule has 0 saturated heterocycles. The van der Waals surface area contributed by atoms with E-state index in [4.69, 9.17) is 28.3 Å². The Balaban J connectivity index is 2.56. The number of hydrogen-bond acceptors (Lipinski definition) is 3. The number of aliphatic hydroxyl groups excluding tert-OH is 2. The normalized spacial score (nSPS) is 13.6. The second-order valence-electron chi connectivity index (χ2n) is 8.29. The SMILES string of the molecule is CCCCCCCCCCCc1n(CC(O)CCl)cc[n+]1CC(CCl)NCCCO. The van der Waals surface area contributed by atoms with Gasteiger partial charge in [-0.05, 0) is 19.4 Å². The van der Waals surface area contributed by atoms with Gasteiger partial charge in [0.25, 0.3) is 5.82 Å². The van der Waals surface area contributed by atoms with Gasteiger partial charge in [0, 0.05) is 18.9 Å². The maximum Gasteiger partial charge on any atom is 0.256 e. The minimum atomic E-state index is -0.541. The molecule has 7 heteroatoms. The van der Waals surface area contributed by atoms with Gasteiger partial charge in [0.1, 0.15) is 31.6 Å². The fraction of sp³-hybridized carbons (Fsp3) is 0.870. The van der Waals surface area contributed by atoms with Crippen molar-refractivity contribution in [2.24, 2.45) is 0 Å². The van der Waals surface area contributed by atoms with E-state index in [2.05, 4.69) is 27.6 Å². The topological polar surface area (TPSA) is 61.3 Å². The maximum atomic E-state index is 10.0. The summed E-state index contributed by atoms with van der Waals surface area (Å²) in [6.45, 7) is 4.51. The van der Waals surface area contributed by atoms with Crippen LogP contribution in [0.25, 0.3) is 0 Å². The summed E-state index contributed by atoms with van der Waals surface area (Å²) in [4.78, 5) is 0. The first-order valence-corrected chi connectivity index (χ1v) is 12.9. The van der Waals surface area contributed by atoms with Crippen molar-refractivity contribution >= 4 is 23.2 Å². The number of aliphatic hydroxyl groups is 2. The van der Waals surface area contributed by atoms with Crippen LogP contribution in [0.2, 0.25) is 0 Å². The minimum absolute atomic E-state index is 0.152. The third kappa shape index (κ3) is 11.9. The van der Waals surface area contributed by atoms with Gasteiger partial charge in [-0.3, -0.25) is 0 Å². The molecule has 1 aromatic heterocycles. The molecule has 0 radical (unpaired) electrons. The maximum absolute atomic E-state index is 10.0. The van der Waals surface area contributed by atoms with Crippen molar-refractivity contribution in [2.75, 3.05) is 24.9 Å². The molecule has 0 aliphatic rings. The largest absolute Gasteiger partial charge is 0.396 e. The number of hydrogen-bond donors (Lipinski definition) is 3. The van der Waals surface area contributed by atoms with E-state index in [1.807, 2.05) is 6.20 Å². The van der Waals surface area contributed by atoms with Crippen LogP contribution in [-0.2, 0) is 19.5 Å². The minimum Gasteiger partial charge on any atom is -0.396 e. The van der Waals surface area contributed by atoms with Crippen LogP contribution in [0.15, 0.2) is 12.4 Å². The molecule has 176 valence electrons. The van der Waals surface area contributed by atoms with Crippen LogP contribution < -0.4 is 9.88 Å². The van der Waals surface area contributed by atoms with Crippen molar-refractivity contribution < 1.29 is 14.8 Å². The van der Waals surface area contributed by atoms with Crippen molar-refractivity contribution in [3.8, 4) is 0 Å². The number of rotatable bonds is 20. The van der Waals surface area contributed by atoms with Gasteiger partial charge < -0.3 is 15.5 Å². The number of imidazole rings is 1. The van der Waals surface area contributed by atoms with E-state index >= 15 is 0 Å². The summed E-state index contributed by atoms with van der Waals surface area (Å²) in [7, 11) is 0. The molecule has 0 aliphatic heterocycles. The monoisotopic (exact) mass is 464 g/mol. The Hall–Kier alpha value is -0.330. The second-order valence-corrected chi connectivity index (χ2v) is 8.91. The number of unbranched alkanes of at least 4 members (excludes halogenated alkanes) is 8. The quantitative estimate of drug-likeness (QED) is 0.155. The van der Waals surface area contributed by atoms with E-state index in [1.165, 1.54) is 57.2 Å². The first-order valence-electron chi connectivity index (χ1n) is 11.9. The molecule has 0 spiro atoms. The molecular weight excluding hydrogens is 421 g/mol. The van der Waals surface area contributed by atoms with Gasteiger partial charge in [0.15, 0.2) is 0 Å². The van der Waals surface area contributed by atoms with Crippen molar-refractivity contribution in [2.45, 2.75) is 103 Å². The Labute approximate surface area is 193 Å². The average molecular weight is 466 g/mol. The van der Waals surface area contributed by atoms with E-state index in [0.29, 0.717) is 12.4 Å². The predicted molar refractivity (Wildman–Crippen MR) is 126 cm³/mol. The van der Waals surface area contributed by atoms with Gasteiger partial charge in [-0.25, -0.2) is 9.13 Å². The van der Waals surface area contributed by atoms with E-state index in [-0.39, 0.29) is 18.5 Å². The third-order valence-electron chi connectivity index (χ3n) is 5.55. The first kappa shape index (κ1) is 27.7. The van der Waals surface area contributed by atoms with E-state index < -0.39 is 6.10 Å². The third-order valence-corrected chi connectivity index (χ3v) is 6.28. The van der Waals surface area contributed by atoms with Gasteiger partial charge in [-0.1, -0.05) is 58.3 Å². The number of halogens is 2. The molecule has 1 heterocycles. The summed E-state index contributed by atoms with van der Waals surface area (Å²) in [5.74, 6) is 1.98. The Bertz CT molecular complexity index is 529. The molecule has 30 heavy (non-hydrogen) atoms. The Morgan fingerprint density at radius 3 is 2.27 bits per heavy atom. The highest BCUT2D eigenvalue weighted by atomic mass is 35.5. The Morgan fingerprint density at radius 1 is 1.00 bits per heavy atom. The fourth-order valence-corrected chi connectivity index (χ4v) is 4.08. The van der Waals surface area contributed by atoms with Crippen LogP contribution in [0.1, 0.15) is 77.0 Å². The Kier molecular flexibility index (Phi) is 16.9. The zero-order valence-corrected chi connectivity index (χ0v) is 20.4. The molecule has 2 unspecified atom stereocenters. The highest BCUT2D eigenvalue weighted by molar-refractivity contribution is 6.18. The van der Waals surface area contributed by atoms with Crippen LogP contribution in [0.5, 0.6) is 0 Å². The lowest BCUT2D eigenvalue weighted by Gasteiger charge is -2.15. The number of nitrogens with zero attached hydrogens (tertiary/aromatic N) is 2.